The second-order valence-corrected chi connectivity index (χ2v) is 6.71. The molecule has 0 unspecified atom stereocenters. The first-order valence-corrected chi connectivity index (χ1v) is 9.13. The number of nitrogens with one attached hydrogen (secondary N) is 1. The molecule has 7 nitrogen and oxygen atoms in total. The van der Waals surface area contributed by atoms with Crippen molar-refractivity contribution in [1.29, 1.82) is 0 Å². The number of para-hydroxylation sites is 2. The standard InChI is InChI=1S/C19H24N2O5/c1-13(18(23)20-14-7-3-2-4-8-14)25-17(22)11-12-21-15-9-5-6-10-16(15)26-19(21)24/h5-6,9-10,13-14H,2-4,7-8,11-12H2,1H3,(H,20,23)/t13-/m0/s1. The Morgan fingerprint density at radius 3 is 2.77 bits per heavy atom. The average Bonchev–Trinajstić information content (AvgIpc) is 2.96. The molecule has 1 aromatic carbocycles. The Balaban J connectivity index is 1.50. The second kappa shape index (κ2) is 8.21. The minimum absolute atomic E-state index is 0.00944. The van der Waals surface area contributed by atoms with Gasteiger partial charge in [0.1, 0.15) is 0 Å². The zero-order valence-corrected chi connectivity index (χ0v) is 14.9. The molecule has 1 fully saturated rings. The van der Waals surface area contributed by atoms with Crippen LogP contribution in [0.25, 0.3) is 11.1 Å². The molecule has 0 radical (unpaired) electrons. The molecular weight excluding hydrogens is 336 g/mol. The fraction of sp³-hybridized carbons (Fsp3) is 0.526. The van der Waals surface area contributed by atoms with Crippen molar-refractivity contribution < 1.29 is 18.7 Å². The van der Waals surface area contributed by atoms with Gasteiger partial charge in [-0.05, 0) is 31.9 Å². The normalized spacial score (nSPS) is 16.3. The van der Waals surface area contributed by atoms with Crippen LogP contribution in [-0.4, -0.2) is 28.6 Å². The molecular formula is C19H24N2O5. The first kappa shape index (κ1) is 18.2. The Morgan fingerprint density at radius 2 is 2.00 bits per heavy atom. The van der Waals surface area contributed by atoms with E-state index in [1.165, 1.54) is 11.0 Å². The molecule has 1 aliphatic rings. The number of benzene rings is 1. The van der Waals surface area contributed by atoms with E-state index in [4.69, 9.17) is 9.15 Å². The van der Waals surface area contributed by atoms with Gasteiger partial charge in [0.15, 0.2) is 11.7 Å². The van der Waals surface area contributed by atoms with Gasteiger partial charge < -0.3 is 14.5 Å². The summed E-state index contributed by atoms with van der Waals surface area (Å²) in [7, 11) is 0. The van der Waals surface area contributed by atoms with Crippen molar-refractivity contribution in [2.75, 3.05) is 0 Å². The molecule has 0 bridgehead atoms. The molecule has 140 valence electrons. The number of aryl methyl sites for hydroxylation is 1. The van der Waals surface area contributed by atoms with Crippen LogP contribution < -0.4 is 11.1 Å². The van der Waals surface area contributed by atoms with Crippen LogP contribution in [0.5, 0.6) is 0 Å². The molecule has 26 heavy (non-hydrogen) atoms. The first-order valence-electron chi connectivity index (χ1n) is 9.13. The molecule has 0 spiro atoms. The van der Waals surface area contributed by atoms with Crippen LogP contribution in [0.15, 0.2) is 33.5 Å². The van der Waals surface area contributed by atoms with Crippen LogP contribution in [0.3, 0.4) is 0 Å². The summed E-state index contributed by atoms with van der Waals surface area (Å²) in [6.45, 7) is 1.71. The Labute approximate surface area is 151 Å². The average molecular weight is 360 g/mol. The molecule has 1 aromatic heterocycles. The Hall–Kier alpha value is -2.57. The van der Waals surface area contributed by atoms with Crippen molar-refractivity contribution in [2.45, 2.75) is 64.1 Å². The minimum atomic E-state index is -0.845. The van der Waals surface area contributed by atoms with Gasteiger partial charge in [-0.1, -0.05) is 31.4 Å². The van der Waals surface area contributed by atoms with E-state index in [2.05, 4.69) is 5.32 Å². The van der Waals surface area contributed by atoms with E-state index in [0.717, 1.165) is 25.7 Å². The summed E-state index contributed by atoms with van der Waals surface area (Å²) < 4.78 is 11.7. The van der Waals surface area contributed by atoms with Crippen molar-refractivity contribution in [1.82, 2.24) is 9.88 Å². The van der Waals surface area contributed by atoms with E-state index in [1.54, 1.807) is 31.2 Å². The smallest absolute Gasteiger partial charge is 0.419 e. The lowest BCUT2D eigenvalue weighted by molar-refractivity contribution is -0.155. The Kier molecular flexibility index (Phi) is 5.75. The Bertz CT molecular complexity index is 832. The summed E-state index contributed by atoms with van der Waals surface area (Å²) in [4.78, 5) is 36.1. The number of amides is 1. The fourth-order valence-electron chi connectivity index (χ4n) is 3.30. The van der Waals surface area contributed by atoms with Gasteiger partial charge in [0.25, 0.3) is 5.91 Å². The van der Waals surface area contributed by atoms with Crippen LogP contribution in [0.1, 0.15) is 45.4 Å². The SMILES string of the molecule is C[C@H](OC(=O)CCn1c(=O)oc2ccccc21)C(=O)NC1CCCCC1. The largest absolute Gasteiger partial charge is 0.452 e. The molecule has 1 heterocycles. The summed E-state index contributed by atoms with van der Waals surface area (Å²) >= 11 is 0. The number of esters is 1. The lowest BCUT2D eigenvalue weighted by Crippen LogP contribution is -2.42. The van der Waals surface area contributed by atoms with Gasteiger partial charge in [-0.15, -0.1) is 0 Å². The van der Waals surface area contributed by atoms with Gasteiger partial charge in [0.2, 0.25) is 0 Å². The second-order valence-electron chi connectivity index (χ2n) is 6.71. The van der Waals surface area contributed by atoms with Gasteiger partial charge in [-0.3, -0.25) is 14.2 Å². The predicted molar refractivity (Wildman–Crippen MR) is 95.7 cm³/mol. The van der Waals surface area contributed by atoms with Crippen LogP contribution in [0.2, 0.25) is 0 Å². The van der Waals surface area contributed by atoms with Crippen LogP contribution in [0, 0.1) is 0 Å². The summed E-state index contributed by atoms with van der Waals surface area (Å²) in [5.41, 5.74) is 1.11. The number of aromatic nitrogens is 1. The van der Waals surface area contributed by atoms with Crippen molar-refractivity contribution >= 4 is 23.0 Å². The summed E-state index contributed by atoms with van der Waals surface area (Å²) in [6.07, 6.45) is 4.54. The molecule has 3 rings (SSSR count). The molecule has 0 aliphatic heterocycles. The third kappa shape index (κ3) is 4.33. The Morgan fingerprint density at radius 1 is 1.27 bits per heavy atom. The maximum absolute atomic E-state index is 12.2. The highest BCUT2D eigenvalue weighted by molar-refractivity contribution is 5.83. The quantitative estimate of drug-likeness (QED) is 0.799. The number of carbonyl (C=O) groups excluding carboxylic acids is 2. The topological polar surface area (TPSA) is 90.5 Å². The van der Waals surface area contributed by atoms with Gasteiger partial charge in [0.05, 0.1) is 11.9 Å². The number of fused-ring (bicyclic) bond motifs is 1. The van der Waals surface area contributed by atoms with Crippen LogP contribution >= 0.6 is 0 Å². The van der Waals surface area contributed by atoms with Gasteiger partial charge in [-0.25, -0.2) is 4.79 Å². The lowest BCUT2D eigenvalue weighted by Gasteiger charge is -2.24. The van der Waals surface area contributed by atoms with Crippen LogP contribution in [0.4, 0.5) is 0 Å². The highest BCUT2D eigenvalue weighted by atomic mass is 16.5. The van der Waals surface area contributed by atoms with Gasteiger partial charge >= 0.3 is 11.7 Å². The van der Waals surface area contributed by atoms with Gasteiger partial charge in [0, 0.05) is 12.6 Å². The number of oxazole rings is 1. The zero-order valence-electron chi connectivity index (χ0n) is 14.9. The molecule has 1 saturated carbocycles. The maximum Gasteiger partial charge on any atom is 0.419 e. The first-order chi connectivity index (χ1) is 12.5. The predicted octanol–water partition coefficient (Wildman–Crippen LogP) is 2.37. The van der Waals surface area contributed by atoms with Crippen molar-refractivity contribution in [2.24, 2.45) is 0 Å². The number of hydrogen-bond acceptors (Lipinski definition) is 5. The van der Waals surface area contributed by atoms with E-state index in [1.807, 2.05) is 0 Å². The van der Waals surface area contributed by atoms with E-state index in [9.17, 15) is 14.4 Å². The lowest BCUT2D eigenvalue weighted by atomic mass is 9.95. The molecule has 2 aromatic rings. The summed E-state index contributed by atoms with van der Waals surface area (Å²) in [6, 6.07) is 7.20. The van der Waals surface area contributed by atoms with E-state index < -0.39 is 17.8 Å². The number of ether oxygens (including phenoxy) is 1. The fourth-order valence-corrected chi connectivity index (χ4v) is 3.30. The minimum Gasteiger partial charge on any atom is -0.452 e. The van der Waals surface area contributed by atoms with Crippen molar-refractivity contribution in [3.8, 4) is 0 Å². The molecule has 0 saturated heterocycles. The number of nitrogens with zero attached hydrogens (tertiary/aromatic N) is 1. The molecule has 1 amide bonds. The van der Waals surface area contributed by atoms with E-state index in [-0.39, 0.29) is 24.9 Å². The molecule has 7 heteroatoms. The van der Waals surface area contributed by atoms with E-state index >= 15 is 0 Å². The third-order valence-electron chi connectivity index (χ3n) is 4.74. The maximum atomic E-state index is 12.2. The number of hydrogen-bond donors (Lipinski definition) is 1. The molecule has 1 atom stereocenters. The molecule has 1 N–H and O–H groups in total. The highest BCUT2D eigenvalue weighted by Gasteiger charge is 2.22. The third-order valence-corrected chi connectivity index (χ3v) is 4.74. The highest BCUT2D eigenvalue weighted by Crippen LogP contribution is 2.17. The van der Waals surface area contributed by atoms with Crippen molar-refractivity contribution in [3.63, 3.8) is 0 Å². The van der Waals surface area contributed by atoms with E-state index in [0.29, 0.717) is 11.1 Å². The van der Waals surface area contributed by atoms with Crippen LogP contribution in [-0.2, 0) is 20.9 Å². The number of carbonyl (C=O) groups is 2. The molecule has 1 aliphatic carbocycles. The summed E-state index contributed by atoms with van der Waals surface area (Å²) in [5.74, 6) is -1.30. The number of rotatable bonds is 6. The zero-order chi connectivity index (χ0) is 18.5. The monoisotopic (exact) mass is 360 g/mol. The van der Waals surface area contributed by atoms with Crippen molar-refractivity contribution in [3.05, 3.63) is 34.8 Å². The summed E-state index contributed by atoms with van der Waals surface area (Å²) in [5, 5.41) is 2.94. The van der Waals surface area contributed by atoms with Gasteiger partial charge in [-0.2, -0.15) is 0 Å².